The van der Waals surface area contributed by atoms with Crippen molar-refractivity contribution >= 4 is 6.29 Å². The summed E-state index contributed by atoms with van der Waals surface area (Å²) in [7, 11) is 0. The number of carbonyl (C=O) groups is 1. The summed E-state index contributed by atoms with van der Waals surface area (Å²) in [4.78, 5) is 11.2. The van der Waals surface area contributed by atoms with Crippen LogP contribution in [0.15, 0.2) is 0 Å². The fraction of sp³-hybridized carbons (Fsp3) is 0.909. The molecule has 74 valence electrons. The number of carbonyl (C=O) groups excluding carboxylic acids is 1. The standard InChI is InChI=1S/C11H18O2/c12-9-11(5-1-2-6-11)10-3-7-13-8-4-10/h9-10H,1-8H2. The zero-order chi connectivity index (χ0) is 9.15. The van der Waals surface area contributed by atoms with Gasteiger partial charge in [0.25, 0.3) is 0 Å². The van der Waals surface area contributed by atoms with Crippen molar-refractivity contribution in [2.75, 3.05) is 13.2 Å². The van der Waals surface area contributed by atoms with Crippen LogP contribution in [0.2, 0.25) is 0 Å². The first-order valence-corrected chi connectivity index (χ1v) is 5.41. The predicted octanol–water partition coefficient (Wildman–Crippen LogP) is 2.17. The van der Waals surface area contributed by atoms with E-state index >= 15 is 0 Å². The van der Waals surface area contributed by atoms with Gasteiger partial charge >= 0.3 is 0 Å². The third kappa shape index (κ3) is 1.64. The van der Waals surface area contributed by atoms with Gasteiger partial charge in [0.05, 0.1) is 0 Å². The molecule has 0 unspecified atom stereocenters. The molecule has 0 aromatic carbocycles. The second-order valence-corrected chi connectivity index (χ2v) is 4.44. The first kappa shape index (κ1) is 9.20. The van der Waals surface area contributed by atoms with Crippen molar-refractivity contribution in [2.45, 2.75) is 38.5 Å². The number of hydrogen-bond acceptors (Lipinski definition) is 2. The second kappa shape index (κ2) is 3.79. The van der Waals surface area contributed by atoms with Crippen molar-refractivity contribution in [3.05, 3.63) is 0 Å². The van der Waals surface area contributed by atoms with Crippen molar-refractivity contribution in [1.82, 2.24) is 0 Å². The van der Waals surface area contributed by atoms with Gasteiger partial charge in [-0.3, -0.25) is 0 Å². The van der Waals surface area contributed by atoms with E-state index in [4.69, 9.17) is 4.74 Å². The van der Waals surface area contributed by atoms with Gasteiger partial charge < -0.3 is 9.53 Å². The maximum absolute atomic E-state index is 11.2. The van der Waals surface area contributed by atoms with E-state index in [2.05, 4.69) is 0 Å². The third-order valence-corrected chi connectivity index (χ3v) is 3.80. The molecule has 0 aromatic rings. The fourth-order valence-electron chi connectivity index (χ4n) is 2.93. The zero-order valence-electron chi connectivity index (χ0n) is 8.13. The second-order valence-electron chi connectivity index (χ2n) is 4.44. The topological polar surface area (TPSA) is 26.3 Å². The molecule has 0 atom stereocenters. The zero-order valence-corrected chi connectivity index (χ0v) is 8.13. The van der Waals surface area contributed by atoms with Crippen molar-refractivity contribution in [1.29, 1.82) is 0 Å². The quantitative estimate of drug-likeness (QED) is 0.612. The summed E-state index contributed by atoms with van der Waals surface area (Å²) < 4.78 is 5.33. The number of rotatable bonds is 2. The molecule has 2 nitrogen and oxygen atoms in total. The van der Waals surface area contributed by atoms with E-state index in [9.17, 15) is 4.79 Å². The fourth-order valence-corrected chi connectivity index (χ4v) is 2.93. The van der Waals surface area contributed by atoms with E-state index < -0.39 is 0 Å². The van der Waals surface area contributed by atoms with E-state index in [0.29, 0.717) is 5.92 Å². The summed E-state index contributed by atoms with van der Waals surface area (Å²) in [5.74, 6) is 0.612. The summed E-state index contributed by atoms with van der Waals surface area (Å²) >= 11 is 0. The van der Waals surface area contributed by atoms with Crippen LogP contribution in [0.3, 0.4) is 0 Å². The van der Waals surface area contributed by atoms with Crippen LogP contribution in [0.4, 0.5) is 0 Å². The Morgan fingerprint density at radius 3 is 2.31 bits per heavy atom. The molecule has 1 saturated carbocycles. The van der Waals surface area contributed by atoms with Gasteiger partial charge in [-0.2, -0.15) is 0 Å². The monoisotopic (exact) mass is 182 g/mol. The number of hydrogen-bond donors (Lipinski definition) is 0. The average molecular weight is 182 g/mol. The Bertz CT molecular complexity index is 177. The molecule has 1 saturated heterocycles. The average Bonchev–Trinajstić information content (AvgIpc) is 2.69. The first-order chi connectivity index (χ1) is 6.37. The van der Waals surface area contributed by atoms with E-state index in [-0.39, 0.29) is 5.41 Å². The minimum atomic E-state index is 0.0454. The lowest BCUT2D eigenvalue weighted by atomic mass is 9.71. The lowest BCUT2D eigenvalue weighted by molar-refractivity contribution is -0.121. The van der Waals surface area contributed by atoms with Crippen LogP contribution in [-0.4, -0.2) is 19.5 Å². The van der Waals surface area contributed by atoms with Crippen LogP contribution in [-0.2, 0) is 9.53 Å². The van der Waals surface area contributed by atoms with Crippen LogP contribution < -0.4 is 0 Å². The van der Waals surface area contributed by atoms with Gasteiger partial charge in [-0.05, 0) is 31.6 Å². The Kier molecular flexibility index (Phi) is 2.68. The summed E-state index contributed by atoms with van der Waals surface area (Å²) in [6.45, 7) is 1.72. The smallest absolute Gasteiger partial charge is 0.126 e. The molecule has 1 aliphatic carbocycles. The molecule has 2 rings (SSSR count). The van der Waals surface area contributed by atoms with Crippen molar-refractivity contribution in [2.24, 2.45) is 11.3 Å². The molecule has 2 aliphatic rings. The predicted molar refractivity (Wildman–Crippen MR) is 50.5 cm³/mol. The Morgan fingerprint density at radius 1 is 1.15 bits per heavy atom. The SMILES string of the molecule is O=CC1(C2CCOCC2)CCCC1. The van der Waals surface area contributed by atoms with Gasteiger partial charge in [-0.25, -0.2) is 0 Å². The highest BCUT2D eigenvalue weighted by atomic mass is 16.5. The Labute approximate surface area is 79.7 Å². The third-order valence-electron chi connectivity index (χ3n) is 3.80. The molecule has 1 aliphatic heterocycles. The summed E-state index contributed by atoms with van der Waals surface area (Å²) in [6.07, 6.45) is 8.18. The van der Waals surface area contributed by atoms with Crippen molar-refractivity contribution in [3.8, 4) is 0 Å². The number of ether oxygens (including phenoxy) is 1. The minimum absolute atomic E-state index is 0.0454. The van der Waals surface area contributed by atoms with Gasteiger partial charge in [-0.1, -0.05) is 12.8 Å². The normalized spacial score (nSPS) is 28.9. The molecule has 0 bridgehead atoms. The number of aldehydes is 1. The van der Waals surface area contributed by atoms with Gasteiger partial charge in [0.15, 0.2) is 0 Å². The van der Waals surface area contributed by atoms with Crippen LogP contribution in [0.5, 0.6) is 0 Å². The summed E-state index contributed by atoms with van der Waals surface area (Å²) in [5.41, 5.74) is 0.0454. The molecule has 0 amide bonds. The van der Waals surface area contributed by atoms with Crippen molar-refractivity contribution < 1.29 is 9.53 Å². The van der Waals surface area contributed by atoms with E-state index in [1.165, 1.54) is 19.1 Å². The van der Waals surface area contributed by atoms with Crippen LogP contribution in [0, 0.1) is 11.3 Å². The largest absolute Gasteiger partial charge is 0.381 e. The highest BCUT2D eigenvalue weighted by Gasteiger charge is 2.41. The summed E-state index contributed by atoms with van der Waals surface area (Å²) in [5, 5.41) is 0. The lowest BCUT2D eigenvalue weighted by Crippen LogP contribution is -2.33. The summed E-state index contributed by atoms with van der Waals surface area (Å²) in [6, 6.07) is 0. The first-order valence-electron chi connectivity index (χ1n) is 5.41. The molecule has 1 heterocycles. The molecule has 13 heavy (non-hydrogen) atoms. The van der Waals surface area contributed by atoms with Crippen molar-refractivity contribution in [3.63, 3.8) is 0 Å². The molecular weight excluding hydrogens is 164 g/mol. The van der Waals surface area contributed by atoms with E-state index in [1.807, 2.05) is 0 Å². The van der Waals surface area contributed by atoms with E-state index in [0.717, 1.165) is 38.9 Å². The maximum atomic E-state index is 11.2. The van der Waals surface area contributed by atoms with E-state index in [1.54, 1.807) is 0 Å². The lowest BCUT2D eigenvalue weighted by Gasteiger charge is -2.35. The molecular formula is C11H18O2. The maximum Gasteiger partial charge on any atom is 0.126 e. The van der Waals surface area contributed by atoms with Crippen LogP contribution in [0.1, 0.15) is 38.5 Å². The molecule has 0 radical (unpaired) electrons. The Hall–Kier alpha value is -0.370. The molecule has 0 spiro atoms. The molecule has 2 heteroatoms. The van der Waals surface area contributed by atoms with Crippen LogP contribution in [0.25, 0.3) is 0 Å². The highest BCUT2D eigenvalue weighted by Crippen LogP contribution is 2.46. The van der Waals surface area contributed by atoms with Gasteiger partial charge in [-0.15, -0.1) is 0 Å². The Morgan fingerprint density at radius 2 is 1.77 bits per heavy atom. The minimum Gasteiger partial charge on any atom is -0.381 e. The van der Waals surface area contributed by atoms with Crippen LogP contribution >= 0.6 is 0 Å². The molecule has 0 N–H and O–H groups in total. The highest BCUT2D eigenvalue weighted by molar-refractivity contribution is 5.60. The molecule has 2 fully saturated rings. The van der Waals surface area contributed by atoms with Gasteiger partial charge in [0, 0.05) is 18.6 Å². The molecule has 0 aromatic heterocycles. The Balaban J connectivity index is 2.05. The van der Waals surface area contributed by atoms with Gasteiger partial charge in [0.2, 0.25) is 0 Å². The van der Waals surface area contributed by atoms with Gasteiger partial charge in [0.1, 0.15) is 6.29 Å².